The zero-order valence-corrected chi connectivity index (χ0v) is 15.3. The lowest BCUT2D eigenvalue weighted by molar-refractivity contribution is -0.145. The van der Waals surface area contributed by atoms with Crippen molar-refractivity contribution in [3.8, 4) is 15.6 Å². The minimum atomic E-state index is -0.524. The fraction of sp³-hybridized carbons (Fsp3) is 0.167. The van der Waals surface area contributed by atoms with Crippen molar-refractivity contribution in [2.24, 2.45) is 0 Å². The highest BCUT2D eigenvalue weighted by Crippen LogP contribution is 2.27. The summed E-state index contributed by atoms with van der Waals surface area (Å²) >= 11 is 3.11. The molecule has 3 rings (SSSR count). The van der Waals surface area contributed by atoms with Crippen molar-refractivity contribution in [2.45, 2.75) is 6.61 Å². The molecule has 1 amide bonds. The van der Waals surface area contributed by atoms with Crippen LogP contribution in [-0.4, -0.2) is 30.0 Å². The minimum Gasteiger partial charge on any atom is -0.484 e. The van der Waals surface area contributed by atoms with Crippen LogP contribution < -0.4 is 10.1 Å². The number of ether oxygens (including phenoxy) is 2. The molecule has 0 bridgehead atoms. The Hall–Kier alpha value is -2.71. The Labute approximate surface area is 158 Å². The molecule has 0 spiro atoms. The van der Waals surface area contributed by atoms with Crippen molar-refractivity contribution in [1.29, 1.82) is 0 Å². The van der Waals surface area contributed by atoms with Crippen LogP contribution in [0.15, 0.2) is 53.2 Å². The van der Waals surface area contributed by atoms with Gasteiger partial charge in [0.2, 0.25) is 0 Å². The topological polar surface area (TPSA) is 77.5 Å². The van der Waals surface area contributed by atoms with E-state index >= 15 is 0 Å². The van der Waals surface area contributed by atoms with E-state index < -0.39 is 5.97 Å². The molecule has 26 heavy (non-hydrogen) atoms. The lowest BCUT2D eigenvalue weighted by Crippen LogP contribution is -2.34. The number of hydrogen-bond donors (Lipinski definition) is 1. The Morgan fingerprint density at radius 3 is 2.69 bits per heavy atom. The van der Waals surface area contributed by atoms with Crippen LogP contribution in [0.3, 0.4) is 0 Å². The molecule has 3 aromatic rings. The predicted octanol–water partition coefficient (Wildman–Crippen LogP) is 3.11. The first-order valence-corrected chi connectivity index (χ1v) is 9.55. The number of amides is 1. The number of aromatic nitrogens is 1. The standard InChI is InChI=1S/C18H16N2O4S2/c21-16(11-23-14-5-2-1-3-6-14)19-9-17(22)24-10-13-12-26-18(20-13)15-7-4-8-25-15/h1-8,12H,9-11H2,(H,19,21). The first kappa shape index (κ1) is 18.1. The Morgan fingerprint density at radius 2 is 1.92 bits per heavy atom. The molecule has 8 heteroatoms. The van der Waals surface area contributed by atoms with Gasteiger partial charge in [-0.05, 0) is 23.6 Å². The number of hydrogen-bond acceptors (Lipinski definition) is 7. The maximum absolute atomic E-state index is 11.7. The van der Waals surface area contributed by atoms with E-state index in [0.29, 0.717) is 11.4 Å². The third kappa shape index (κ3) is 5.40. The van der Waals surface area contributed by atoms with Crippen molar-refractivity contribution in [3.63, 3.8) is 0 Å². The summed E-state index contributed by atoms with van der Waals surface area (Å²) in [5, 5.41) is 7.20. The number of thiophene rings is 1. The molecule has 0 aliphatic heterocycles. The zero-order chi connectivity index (χ0) is 18.2. The number of carbonyl (C=O) groups excluding carboxylic acids is 2. The van der Waals surface area contributed by atoms with Crippen LogP contribution in [0, 0.1) is 0 Å². The average molecular weight is 388 g/mol. The monoisotopic (exact) mass is 388 g/mol. The van der Waals surface area contributed by atoms with E-state index in [-0.39, 0.29) is 25.7 Å². The number of nitrogens with zero attached hydrogens (tertiary/aromatic N) is 1. The van der Waals surface area contributed by atoms with Crippen molar-refractivity contribution >= 4 is 34.6 Å². The fourth-order valence-corrected chi connectivity index (χ4v) is 3.60. The van der Waals surface area contributed by atoms with E-state index in [4.69, 9.17) is 9.47 Å². The molecule has 2 heterocycles. The van der Waals surface area contributed by atoms with Crippen LogP contribution in [0.1, 0.15) is 5.69 Å². The van der Waals surface area contributed by atoms with Crippen LogP contribution in [0.2, 0.25) is 0 Å². The zero-order valence-electron chi connectivity index (χ0n) is 13.7. The number of thiazole rings is 1. The lowest BCUT2D eigenvalue weighted by atomic mass is 10.3. The summed E-state index contributed by atoms with van der Waals surface area (Å²) in [6, 6.07) is 12.9. The molecule has 0 fully saturated rings. The summed E-state index contributed by atoms with van der Waals surface area (Å²) in [6.07, 6.45) is 0. The van der Waals surface area contributed by atoms with E-state index in [2.05, 4.69) is 10.3 Å². The van der Waals surface area contributed by atoms with E-state index in [1.807, 2.05) is 41.1 Å². The van der Waals surface area contributed by atoms with Gasteiger partial charge in [0.25, 0.3) is 5.91 Å². The molecule has 0 aliphatic carbocycles. The summed E-state index contributed by atoms with van der Waals surface area (Å²) in [5.41, 5.74) is 0.686. The third-order valence-corrected chi connectivity index (χ3v) is 5.14. The van der Waals surface area contributed by atoms with Crippen LogP contribution in [-0.2, 0) is 20.9 Å². The number of benzene rings is 1. The fourth-order valence-electron chi connectivity index (χ4n) is 1.98. The number of esters is 1. The van der Waals surface area contributed by atoms with Crippen LogP contribution >= 0.6 is 22.7 Å². The number of carbonyl (C=O) groups is 2. The summed E-state index contributed by atoms with van der Waals surface area (Å²) < 4.78 is 10.4. The van der Waals surface area contributed by atoms with E-state index in [0.717, 1.165) is 9.88 Å². The van der Waals surface area contributed by atoms with Gasteiger partial charge in [0.1, 0.15) is 23.9 Å². The number of para-hydroxylation sites is 1. The van der Waals surface area contributed by atoms with Gasteiger partial charge in [0, 0.05) is 5.38 Å². The predicted molar refractivity (Wildman–Crippen MR) is 100 cm³/mol. The highest BCUT2D eigenvalue weighted by Gasteiger charge is 2.10. The molecular weight excluding hydrogens is 372 g/mol. The molecule has 0 saturated carbocycles. The average Bonchev–Trinajstić information content (AvgIpc) is 3.35. The van der Waals surface area contributed by atoms with Gasteiger partial charge in [0.15, 0.2) is 6.61 Å². The van der Waals surface area contributed by atoms with Gasteiger partial charge in [0.05, 0.1) is 10.6 Å². The maximum atomic E-state index is 11.7. The molecule has 1 aromatic carbocycles. The smallest absolute Gasteiger partial charge is 0.325 e. The molecule has 0 radical (unpaired) electrons. The molecule has 0 saturated heterocycles. The maximum Gasteiger partial charge on any atom is 0.325 e. The number of rotatable bonds is 8. The van der Waals surface area contributed by atoms with Gasteiger partial charge in [-0.1, -0.05) is 24.3 Å². The van der Waals surface area contributed by atoms with Gasteiger partial charge in [-0.2, -0.15) is 0 Å². The van der Waals surface area contributed by atoms with Crippen molar-refractivity contribution < 1.29 is 19.1 Å². The third-order valence-electron chi connectivity index (χ3n) is 3.21. The molecule has 2 aromatic heterocycles. The SMILES string of the molecule is O=C(COc1ccccc1)NCC(=O)OCc1csc(-c2cccs2)n1. The van der Waals surface area contributed by atoms with Gasteiger partial charge in [-0.3, -0.25) is 9.59 Å². The molecule has 0 unspecified atom stereocenters. The van der Waals surface area contributed by atoms with Crippen LogP contribution in [0.4, 0.5) is 0 Å². The highest BCUT2D eigenvalue weighted by molar-refractivity contribution is 7.20. The number of nitrogens with one attached hydrogen (secondary N) is 1. The largest absolute Gasteiger partial charge is 0.484 e. The van der Waals surface area contributed by atoms with Crippen LogP contribution in [0.5, 0.6) is 5.75 Å². The molecule has 6 nitrogen and oxygen atoms in total. The first-order chi connectivity index (χ1) is 12.7. The molecular formula is C18H16N2O4S2. The second-order valence-corrected chi connectivity index (χ2v) is 6.97. The van der Waals surface area contributed by atoms with E-state index in [1.54, 1.807) is 23.5 Å². The summed E-state index contributed by atoms with van der Waals surface area (Å²) in [7, 11) is 0. The summed E-state index contributed by atoms with van der Waals surface area (Å²) in [4.78, 5) is 28.9. The van der Waals surface area contributed by atoms with Gasteiger partial charge in [-0.15, -0.1) is 22.7 Å². The van der Waals surface area contributed by atoms with Crippen LogP contribution in [0.25, 0.3) is 9.88 Å². The lowest BCUT2D eigenvalue weighted by Gasteiger charge is -2.07. The second-order valence-electron chi connectivity index (χ2n) is 5.16. The molecule has 1 N–H and O–H groups in total. The highest BCUT2D eigenvalue weighted by atomic mass is 32.1. The summed E-state index contributed by atoms with van der Waals surface area (Å²) in [5.74, 6) is -0.321. The van der Waals surface area contributed by atoms with Crippen molar-refractivity contribution in [1.82, 2.24) is 10.3 Å². The summed E-state index contributed by atoms with van der Waals surface area (Å²) in [6.45, 7) is -0.288. The minimum absolute atomic E-state index is 0.0805. The van der Waals surface area contributed by atoms with Crippen molar-refractivity contribution in [3.05, 3.63) is 58.9 Å². The Morgan fingerprint density at radius 1 is 1.08 bits per heavy atom. The van der Waals surface area contributed by atoms with Crippen molar-refractivity contribution in [2.75, 3.05) is 13.2 Å². The molecule has 134 valence electrons. The Kier molecular flexibility index (Phi) is 6.34. The Bertz CT molecular complexity index is 847. The van der Waals surface area contributed by atoms with E-state index in [9.17, 15) is 9.59 Å². The second kappa shape index (κ2) is 9.12. The van der Waals surface area contributed by atoms with Gasteiger partial charge >= 0.3 is 5.97 Å². The Balaban J connectivity index is 1.36. The van der Waals surface area contributed by atoms with Gasteiger partial charge < -0.3 is 14.8 Å². The normalized spacial score (nSPS) is 10.3. The van der Waals surface area contributed by atoms with E-state index in [1.165, 1.54) is 11.3 Å². The quantitative estimate of drug-likeness (QED) is 0.600. The molecule has 0 atom stereocenters. The first-order valence-electron chi connectivity index (χ1n) is 7.79. The van der Waals surface area contributed by atoms with Gasteiger partial charge in [-0.25, -0.2) is 4.98 Å². The molecule has 0 aliphatic rings.